The van der Waals surface area contributed by atoms with Crippen molar-refractivity contribution in [1.29, 1.82) is 0 Å². The molecule has 1 aromatic heterocycles. The number of aromatic nitrogens is 4. The molecule has 2 fully saturated rings. The van der Waals surface area contributed by atoms with Crippen LogP contribution in [0.4, 0.5) is 5.69 Å². The van der Waals surface area contributed by atoms with Crippen molar-refractivity contribution in [2.75, 3.05) is 11.9 Å². The second-order valence-electron chi connectivity index (χ2n) is 7.10. The van der Waals surface area contributed by atoms with Gasteiger partial charge in [-0.3, -0.25) is 4.79 Å². The highest BCUT2D eigenvalue weighted by molar-refractivity contribution is 5.95. The minimum atomic E-state index is -0.0683. The van der Waals surface area contributed by atoms with Crippen LogP contribution >= 0.6 is 12.4 Å². The van der Waals surface area contributed by atoms with Crippen molar-refractivity contribution < 1.29 is 4.79 Å². The highest BCUT2D eigenvalue weighted by Crippen LogP contribution is 2.36. The first-order valence-electron chi connectivity index (χ1n) is 9.20. The summed E-state index contributed by atoms with van der Waals surface area (Å²) < 4.78 is 0. The molecule has 1 saturated carbocycles. The largest absolute Gasteiger partial charge is 0.325 e. The lowest BCUT2D eigenvalue weighted by Crippen LogP contribution is -2.42. The van der Waals surface area contributed by atoms with Crippen LogP contribution in [0.5, 0.6) is 0 Å². The van der Waals surface area contributed by atoms with Crippen LogP contribution in [-0.4, -0.2) is 39.1 Å². The van der Waals surface area contributed by atoms with Crippen LogP contribution in [0.25, 0.3) is 11.4 Å². The van der Waals surface area contributed by atoms with E-state index in [1.165, 1.54) is 32.1 Å². The van der Waals surface area contributed by atoms with Crippen molar-refractivity contribution in [3.05, 3.63) is 24.3 Å². The zero-order valence-corrected chi connectivity index (χ0v) is 15.5. The second-order valence-corrected chi connectivity index (χ2v) is 7.10. The number of rotatable bonds is 4. The molecule has 0 radical (unpaired) electrons. The van der Waals surface area contributed by atoms with Crippen LogP contribution in [-0.2, 0) is 4.79 Å². The number of benzene rings is 1. The maximum atomic E-state index is 12.8. The highest BCUT2D eigenvalue weighted by atomic mass is 35.5. The third-order valence-electron chi connectivity index (χ3n) is 5.58. The molecule has 2 heterocycles. The number of H-pyrrole nitrogens is 1. The molecule has 2 aliphatic rings. The van der Waals surface area contributed by atoms with Crippen LogP contribution in [0, 0.1) is 11.8 Å². The Kier molecular flexibility index (Phi) is 6.21. The van der Waals surface area contributed by atoms with Crippen molar-refractivity contribution in [2.24, 2.45) is 11.8 Å². The van der Waals surface area contributed by atoms with E-state index in [0.29, 0.717) is 17.7 Å². The monoisotopic (exact) mass is 376 g/mol. The summed E-state index contributed by atoms with van der Waals surface area (Å²) in [7, 11) is 0. The maximum Gasteiger partial charge on any atom is 0.241 e. The molecular weight excluding hydrogens is 352 g/mol. The molecule has 1 aliphatic carbocycles. The summed E-state index contributed by atoms with van der Waals surface area (Å²) >= 11 is 0. The number of anilines is 1. The van der Waals surface area contributed by atoms with E-state index in [1.807, 2.05) is 24.3 Å². The van der Waals surface area contributed by atoms with Gasteiger partial charge in [-0.2, -0.15) is 0 Å². The van der Waals surface area contributed by atoms with E-state index in [0.717, 1.165) is 24.2 Å². The van der Waals surface area contributed by atoms with Crippen LogP contribution in [0.2, 0.25) is 0 Å². The van der Waals surface area contributed by atoms with Gasteiger partial charge in [-0.1, -0.05) is 32.1 Å². The lowest BCUT2D eigenvalue weighted by Gasteiger charge is -2.30. The molecule has 1 aromatic carbocycles. The molecule has 0 spiro atoms. The third kappa shape index (κ3) is 4.04. The van der Waals surface area contributed by atoms with Gasteiger partial charge in [-0.15, -0.1) is 17.5 Å². The minimum absolute atomic E-state index is 0. The van der Waals surface area contributed by atoms with Gasteiger partial charge in [0.05, 0.1) is 6.04 Å². The van der Waals surface area contributed by atoms with E-state index in [2.05, 4.69) is 31.3 Å². The van der Waals surface area contributed by atoms with E-state index < -0.39 is 0 Å². The molecule has 26 heavy (non-hydrogen) atoms. The lowest BCUT2D eigenvalue weighted by molar-refractivity contribution is -0.119. The first kappa shape index (κ1) is 18.8. The molecule has 1 amide bonds. The standard InChI is InChI=1S/C18H24N6O.ClH/c25-18(16-15(10-11-19-16)12-4-2-1-3-5-12)20-14-8-6-13(7-9-14)17-21-23-24-22-17;/h6-9,12,15-16,19H,1-5,10-11H2,(H,20,25)(H,21,22,23,24);1H/t15-,16-;/m0./s1. The van der Waals surface area contributed by atoms with Gasteiger partial charge >= 0.3 is 0 Å². The average Bonchev–Trinajstić information content (AvgIpc) is 3.35. The number of hydrogen-bond acceptors (Lipinski definition) is 5. The Morgan fingerprint density at radius 1 is 1.08 bits per heavy atom. The Labute approximate surface area is 159 Å². The minimum Gasteiger partial charge on any atom is -0.325 e. The van der Waals surface area contributed by atoms with Gasteiger partial charge < -0.3 is 10.6 Å². The van der Waals surface area contributed by atoms with Gasteiger partial charge in [0.2, 0.25) is 5.91 Å². The third-order valence-corrected chi connectivity index (χ3v) is 5.58. The summed E-state index contributed by atoms with van der Waals surface area (Å²) in [5.74, 6) is 1.87. The number of halogens is 1. The van der Waals surface area contributed by atoms with Crippen LogP contribution in [0.15, 0.2) is 24.3 Å². The first-order valence-corrected chi connectivity index (χ1v) is 9.20. The quantitative estimate of drug-likeness (QED) is 0.762. The van der Waals surface area contributed by atoms with Crippen molar-refractivity contribution in [3.8, 4) is 11.4 Å². The van der Waals surface area contributed by atoms with Crippen LogP contribution < -0.4 is 10.6 Å². The number of tetrazole rings is 1. The molecule has 1 saturated heterocycles. The first-order chi connectivity index (χ1) is 12.3. The van der Waals surface area contributed by atoms with E-state index in [9.17, 15) is 4.79 Å². The number of aromatic amines is 1. The SMILES string of the molecule is Cl.O=C(Nc1ccc(-c2nnn[nH]2)cc1)[C@H]1NCC[C@H]1C1CCCCC1. The predicted octanol–water partition coefficient (Wildman–Crippen LogP) is 2.79. The number of carbonyl (C=O) groups excluding carboxylic acids is 1. The van der Waals surface area contributed by atoms with Gasteiger partial charge in [0, 0.05) is 11.3 Å². The van der Waals surface area contributed by atoms with Gasteiger partial charge in [0.25, 0.3) is 0 Å². The topological polar surface area (TPSA) is 95.6 Å². The average molecular weight is 377 g/mol. The summed E-state index contributed by atoms with van der Waals surface area (Å²) in [6, 6.07) is 7.51. The molecule has 140 valence electrons. The van der Waals surface area contributed by atoms with Gasteiger partial charge in [-0.05, 0) is 59.5 Å². The molecular formula is C18H25ClN6O. The Balaban J connectivity index is 0.00000196. The molecule has 0 bridgehead atoms. The molecule has 2 aromatic rings. The number of nitrogens with zero attached hydrogens (tertiary/aromatic N) is 3. The molecule has 0 unspecified atom stereocenters. The number of amides is 1. The van der Waals surface area contributed by atoms with Crippen molar-refractivity contribution >= 4 is 24.0 Å². The fourth-order valence-electron chi connectivity index (χ4n) is 4.29. The second kappa shape index (κ2) is 8.60. The zero-order chi connectivity index (χ0) is 17.1. The zero-order valence-electron chi connectivity index (χ0n) is 14.6. The molecule has 2 atom stereocenters. The Morgan fingerprint density at radius 3 is 2.54 bits per heavy atom. The van der Waals surface area contributed by atoms with Crippen molar-refractivity contribution in [3.63, 3.8) is 0 Å². The van der Waals surface area contributed by atoms with Crippen LogP contribution in [0.1, 0.15) is 38.5 Å². The summed E-state index contributed by atoms with van der Waals surface area (Å²) in [5.41, 5.74) is 1.69. The predicted molar refractivity (Wildman–Crippen MR) is 102 cm³/mol. The van der Waals surface area contributed by atoms with E-state index >= 15 is 0 Å². The lowest BCUT2D eigenvalue weighted by atomic mass is 9.76. The molecule has 8 heteroatoms. The normalized spacial score (nSPS) is 23.4. The summed E-state index contributed by atoms with van der Waals surface area (Å²) in [4.78, 5) is 12.8. The highest BCUT2D eigenvalue weighted by Gasteiger charge is 2.38. The number of nitrogens with one attached hydrogen (secondary N) is 3. The Morgan fingerprint density at radius 2 is 1.85 bits per heavy atom. The van der Waals surface area contributed by atoms with Gasteiger partial charge in [0.15, 0.2) is 5.82 Å². The summed E-state index contributed by atoms with van der Waals surface area (Å²) in [5, 5.41) is 20.2. The van der Waals surface area contributed by atoms with E-state index in [1.54, 1.807) is 0 Å². The Bertz CT molecular complexity index is 699. The molecule has 3 N–H and O–H groups in total. The number of carbonyl (C=O) groups is 1. The smallest absolute Gasteiger partial charge is 0.241 e. The number of hydrogen-bond donors (Lipinski definition) is 3. The Hall–Kier alpha value is -1.99. The fourth-order valence-corrected chi connectivity index (χ4v) is 4.29. The molecule has 7 nitrogen and oxygen atoms in total. The molecule has 1 aliphatic heterocycles. The van der Waals surface area contributed by atoms with Crippen LogP contribution in [0.3, 0.4) is 0 Å². The van der Waals surface area contributed by atoms with E-state index in [-0.39, 0.29) is 24.4 Å². The van der Waals surface area contributed by atoms with Crippen molar-refractivity contribution in [2.45, 2.75) is 44.6 Å². The maximum absolute atomic E-state index is 12.8. The summed E-state index contributed by atoms with van der Waals surface area (Å²) in [6.45, 7) is 0.941. The fraction of sp³-hybridized carbons (Fsp3) is 0.556. The summed E-state index contributed by atoms with van der Waals surface area (Å²) in [6.07, 6.45) is 7.63. The molecule has 4 rings (SSSR count). The van der Waals surface area contributed by atoms with Crippen molar-refractivity contribution in [1.82, 2.24) is 25.9 Å². The van der Waals surface area contributed by atoms with E-state index in [4.69, 9.17) is 0 Å². The van der Waals surface area contributed by atoms with Gasteiger partial charge in [0.1, 0.15) is 0 Å². The van der Waals surface area contributed by atoms with Gasteiger partial charge in [-0.25, -0.2) is 5.10 Å².